The monoisotopic (exact) mass is 443 g/mol. The lowest BCUT2D eigenvalue weighted by molar-refractivity contribution is -0.127. The molecular weight excluding hydrogens is 419 g/mol. The van der Waals surface area contributed by atoms with Gasteiger partial charge in [0.1, 0.15) is 11.6 Å². The predicted molar refractivity (Wildman–Crippen MR) is 114 cm³/mol. The van der Waals surface area contributed by atoms with Crippen LogP contribution < -0.4 is 10.7 Å². The minimum atomic E-state index is -2.57. The molecule has 1 saturated heterocycles. The number of pyridine rings is 1. The minimum absolute atomic E-state index is 0.105. The van der Waals surface area contributed by atoms with Gasteiger partial charge >= 0.3 is 0 Å². The summed E-state index contributed by atoms with van der Waals surface area (Å²) in [6.07, 6.45) is 1.42. The van der Waals surface area contributed by atoms with Gasteiger partial charge in [0.2, 0.25) is 5.91 Å². The van der Waals surface area contributed by atoms with Gasteiger partial charge < -0.3 is 10.3 Å². The molecule has 1 atom stereocenters. The van der Waals surface area contributed by atoms with Crippen LogP contribution >= 0.6 is 0 Å². The molecule has 1 aliphatic carbocycles. The lowest BCUT2D eigenvalue weighted by Crippen LogP contribution is -2.57. The van der Waals surface area contributed by atoms with E-state index >= 15 is 0 Å². The Bertz CT molecular complexity index is 1060. The van der Waals surface area contributed by atoms with Crippen LogP contribution in [0.5, 0.6) is 0 Å². The second-order valence-corrected chi connectivity index (χ2v) is 8.63. The smallest absolute Gasteiger partial charge is 0.251 e. The molecule has 3 aliphatic rings. The summed E-state index contributed by atoms with van der Waals surface area (Å²) in [6.45, 7) is 3.30. The zero-order valence-electron chi connectivity index (χ0n) is 17.6. The number of piperazine rings is 1. The summed E-state index contributed by atoms with van der Waals surface area (Å²) in [5, 5.41) is 4.77. The molecule has 3 heterocycles. The highest BCUT2D eigenvalue weighted by molar-refractivity contribution is 5.88. The second-order valence-electron chi connectivity index (χ2n) is 8.63. The molecule has 0 radical (unpaired) electrons. The third kappa shape index (κ3) is 3.98. The summed E-state index contributed by atoms with van der Waals surface area (Å²) in [5.74, 6) is -2.66. The zero-order valence-corrected chi connectivity index (χ0v) is 17.6. The summed E-state index contributed by atoms with van der Waals surface area (Å²) in [7, 11) is 0. The first-order valence-electron chi connectivity index (χ1n) is 10.7. The average Bonchev–Trinajstić information content (AvgIpc) is 3.11. The van der Waals surface area contributed by atoms with Gasteiger partial charge in [-0.05, 0) is 35.4 Å². The van der Waals surface area contributed by atoms with Crippen molar-refractivity contribution < 1.29 is 18.0 Å². The number of hydrazine groups is 1. The molecule has 1 saturated carbocycles. The number of nitrogens with zero attached hydrogens (tertiary/aromatic N) is 3. The maximum absolute atomic E-state index is 13.6. The number of halogens is 3. The molecule has 2 aliphatic heterocycles. The predicted octanol–water partition coefficient (Wildman–Crippen LogP) is 3.57. The Labute approximate surface area is 184 Å². The summed E-state index contributed by atoms with van der Waals surface area (Å²) < 4.78 is 40.5. The van der Waals surface area contributed by atoms with Gasteiger partial charge in [-0.2, -0.15) is 0 Å². The van der Waals surface area contributed by atoms with Gasteiger partial charge in [-0.15, -0.1) is 0 Å². The molecule has 9 heteroatoms. The number of benzene rings is 1. The summed E-state index contributed by atoms with van der Waals surface area (Å²) >= 11 is 0. The highest BCUT2D eigenvalue weighted by Gasteiger charge is 2.49. The number of amides is 1. The minimum Gasteiger partial charge on any atom is -0.311 e. The molecule has 5 rings (SSSR count). The van der Waals surface area contributed by atoms with Crippen molar-refractivity contribution in [2.45, 2.75) is 37.8 Å². The first-order valence-corrected chi connectivity index (χ1v) is 10.7. The average molecular weight is 443 g/mol. The van der Waals surface area contributed by atoms with Gasteiger partial charge in [0.25, 0.3) is 5.92 Å². The van der Waals surface area contributed by atoms with E-state index in [9.17, 15) is 18.0 Å². The first-order chi connectivity index (χ1) is 15.3. The van der Waals surface area contributed by atoms with Gasteiger partial charge in [0.05, 0.1) is 6.04 Å². The Morgan fingerprint density at radius 3 is 2.62 bits per heavy atom. The summed E-state index contributed by atoms with van der Waals surface area (Å²) in [4.78, 5) is 17.8. The molecule has 168 valence electrons. The van der Waals surface area contributed by atoms with Crippen molar-refractivity contribution in [3.63, 3.8) is 0 Å². The molecule has 1 amide bonds. The van der Waals surface area contributed by atoms with Crippen molar-refractivity contribution >= 4 is 17.3 Å². The van der Waals surface area contributed by atoms with Crippen molar-refractivity contribution in [3.8, 4) is 0 Å². The molecule has 2 aromatic rings. The summed E-state index contributed by atoms with van der Waals surface area (Å²) in [5.41, 5.74) is 7.23. The molecule has 0 spiro atoms. The first kappa shape index (κ1) is 21.0. The Kier molecular flexibility index (Phi) is 5.17. The van der Waals surface area contributed by atoms with Crippen molar-refractivity contribution in [1.29, 1.82) is 0 Å². The number of alkyl halides is 2. The maximum atomic E-state index is 13.6. The van der Waals surface area contributed by atoms with E-state index in [0.29, 0.717) is 25.5 Å². The van der Waals surface area contributed by atoms with Gasteiger partial charge in [-0.1, -0.05) is 12.1 Å². The maximum Gasteiger partial charge on any atom is 0.251 e. The highest BCUT2D eigenvalue weighted by Crippen LogP contribution is 2.44. The van der Waals surface area contributed by atoms with Gasteiger partial charge in [0.15, 0.2) is 0 Å². The van der Waals surface area contributed by atoms with Gasteiger partial charge in [0, 0.05) is 62.9 Å². The zero-order chi connectivity index (χ0) is 22.5. The molecule has 0 bridgehead atoms. The molecule has 2 N–H and O–H groups in total. The van der Waals surface area contributed by atoms with Crippen LogP contribution in [-0.4, -0.2) is 52.4 Å². The van der Waals surface area contributed by atoms with Crippen LogP contribution in [0.4, 0.5) is 19.0 Å². The Morgan fingerprint density at radius 2 is 1.94 bits per heavy atom. The molecule has 2 fully saturated rings. The quantitative estimate of drug-likeness (QED) is 0.757. The number of carbonyl (C=O) groups excluding carboxylic acids is 1. The van der Waals surface area contributed by atoms with E-state index in [2.05, 4.69) is 25.6 Å². The van der Waals surface area contributed by atoms with Crippen LogP contribution in [0.15, 0.2) is 48.3 Å². The van der Waals surface area contributed by atoms with Crippen LogP contribution in [0.25, 0.3) is 5.57 Å². The third-order valence-corrected chi connectivity index (χ3v) is 6.34. The van der Waals surface area contributed by atoms with E-state index in [-0.39, 0.29) is 36.6 Å². The largest absolute Gasteiger partial charge is 0.311 e. The number of hydrogen-bond donors (Lipinski definition) is 2. The normalized spacial score (nSPS) is 23.1. The topological polar surface area (TPSA) is 60.5 Å². The van der Waals surface area contributed by atoms with Crippen molar-refractivity contribution in [2.24, 2.45) is 0 Å². The molecule has 32 heavy (non-hydrogen) atoms. The SMILES string of the molecule is CC(=O)Nc1cc(C2=C3CN(C4CC(F)(F)C4)CCN3NC2c2ccc(F)cc2)ccn1. The lowest BCUT2D eigenvalue weighted by atomic mass is 9.86. The van der Waals surface area contributed by atoms with E-state index in [1.54, 1.807) is 18.3 Å². The number of anilines is 1. The van der Waals surface area contributed by atoms with Crippen molar-refractivity contribution in [2.75, 3.05) is 25.0 Å². The van der Waals surface area contributed by atoms with Crippen LogP contribution in [0, 0.1) is 5.82 Å². The number of aromatic nitrogens is 1. The molecule has 6 nitrogen and oxygen atoms in total. The Morgan fingerprint density at radius 1 is 1.19 bits per heavy atom. The second kappa shape index (κ2) is 7.90. The number of rotatable bonds is 4. The van der Waals surface area contributed by atoms with Gasteiger partial charge in [-0.3, -0.25) is 9.69 Å². The molecular formula is C23H24F3N5O. The molecule has 1 unspecified atom stereocenters. The van der Waals surface area contributed by atoms with Crippen LogP contribution in [0.1, 0.15) is 36.9 Å². The molecule has 1 aromatic carbocycles. The fraction of sp³-hybridized carbons (Fsp3) is 0.391. The van der Waals surface area contributed by atoms with Crippen LogP contribution in [0.2, 0.25) is 0 Å². The van der Waals surface area contributed by atoms with Crippen molar-refractivity contribution in [3.05, 3.63) is 65.2 Å². The summed E-state index contributed by atoms with van der Waals surface area (Å²) in [6, 6.07) is 9.65. The van der Waals surface area contributed by atoms with E-state index < -0.39 is 5.92 Å². The number of nitrogens with one attached hydrogen (secondary N) is 2. The number of carbonyl (C=O) groups is 1. The number of fused-ring (bicyclic) bond motifs is 1. The van der Waals surface area contributed by atoms with Crippen molar-refractivity contribution in [1.82, 2.24) is 20.3 Å². The highest BCUT2D eigenvalue weighted by atomic mass is 19.3. The van der Waals surface area contributed by atoms with Crippen LogP contribution in [-0.2, 0) is 4.79 Å². The Balaban J connectivity index is 1.53. The van der Waals surface area contributed by atoms with E-state index in [1.807, 2.05) is 12.1 Å². The van der Waals surface area contributed by atoms with E-state index in [0.717, 1.165) is 22.4 Å². The standard InChI is InChI=1S/C23H24F3N5O/c1-14(32)28-20-10-16(6-7-27-20)21-19-13-30(18-11-23(25,26)12-18)8-9-31(19)29-22(21)15-2-4-17(24)5-3-15/h2-7,10,18,22,29H,8-9,11-13H2,1H3,(H,27,28,32). The molecule has 1 aromatic heterocycles. The van der Waals surface area contributed by atoms with E-state index in [1.165, 1.54) is 19.1 Å². The van der Waals surface area contributed by atoms with E-state index in [4.69, 9.17) is 0 Å². The lowest BCUT2D eigenvalue weighted by Gasteiger charge is -2.46. The third-order valence-electron chi connectivity index (χ3n) is 6.34. The van der Waals surface area contributed by atoms with Gasteiger partial charge in [-0.25, -0.2) is 23.6 Å². The fourth-order valence-corrected chi connectivity index (χ4v) is 4.76. The Hall–Kier alpha value is -2.91. The number of hydrogen-bond acceptors (Lipinski definition) is 5. The fourth-order valence-electron chi connectivity index (χ4n) is 4.76. The van der Waals surface area contributed by atoms with Crippen LogP contribution in [0.3, 0.4) is 0 Å².